The van der Waals surface area contributed by atoms with E-state index in [0.717, 1.165) is 5.56 Å². The number of anilines is 1. The van der Waals surface area contributed by atoms with Crippen LogP contribution in [0.3, 0.4) is 0 Å². The predicted molar refractivity (Wildman–Crippen MR) is 120 cm³/mol. The van der Waals surface area contributed by atoms with Gasteiger partial charge in [-0.05, 0) is 42.2 Å². The van der Waals surface area contributed by atoms with Crippen LogP contribution in [-0.2, 0) is 20.8 Å². The van der Waals surface area contributed by atoms with E-state index in [4.69, 9.17) is 16.8 Å². The maximum Gasteiger partial charge on any atom is 0.278 e. The fraction of sp³-hybridized carbons (Fsp3) is 0.348. The van der Waals surface area contributed by atoms with Crippen LogP contribution in [0.1, 0.15) is 25.8 Å². The number of benzene rings is 2. The Morgan fingerprint density at radius 1 is 0.969 bits per heavy atom. The molecule has 0 bridgehead atoms. The van der Waals surface area contributed by atoms with Crippen LogP contribution in [0.2, 0.25) is 5.02 Å². The summed E-state index contributed by atoms with van der Waals surface area (Å²) in [6.07, 6.45) is -2.09. The normalized spacial score (nSPS) is 13.7. The van der Waals surface area contributed by atoms with Crippen LogP contribution in [0, 0.1) is 11.8 Å². The Balaban J connectivity index is 2.25. The topological polar surface area (TPSA) is 108 Å². The molecule has 9 heteroatoms. The molecular formula is C23H27ClFN3O4. The van der Waals surface area contributed by atoms with E-state index >= 15 is 0 Å². The highest BCUT2D eigenvalue weighted by molar-refractivity contribution is 6.30. The first-order valence-electron chi connectivity index (χ1n) is 10.2. The summed E-state index contributed by atoms with van der Waals surface area (Å²) in [5, 5.41) is 14.6. The highest BCUT2D eigenvalue weighted by Crippen LogP contribution is 2.20. The number of hydrogen-bond donors (Lipinski definition) is 4. The lowest BCUT2D eigenvalue weighted by Crippen LogP contribution is -2.50. The lowest BCUT2D eigenvalue weighted by atomic mass is 9.91. The molecule has 0 saturated carbocycles. The highest BCUT2D eigenvalue weighted by Gasteiger charge is 2.36. The number of amides is 3. The Kier molecular flexibility index (Phi) is 9.61. The van der Waals surface area contributed by atoms with Crippen molar-refractivity contribution in [2.75, 3.05) is 5.32 Å². The van der Waals surface area contributed by atoms with E-state index in [0.29, 0.717) is 10.7 Å². The highest BCUT2D eigenvalue weighted by atomic mass is 35.5. The van der Waals surface area contributed by atoms with Crippen LogP contribution in [0.4, 0.5) is 10.1 Å². The molecular weight excluding hydrogens is 437 g/mol. The summed E-state index contributed by atoms with van der Waals surface area (Å²) in [6, 6.07) is 14.4. The summed E-state index contributed by atoms with van der Waals surface area (Å²) in [5.74, 6) is -4.08. The average Bonchev–Trinajstić information content (AvgIpc) is 2.77. The van der Waals surface area contributed by atoms with Gasteiger partial charge in [-0.2, -0.15) is 0 Å². The van der Waals surface area contributed by atoms with Crippen LogP contribution in [0.25, 0.3) is 0 Å². The first kappa shape index (κ1) is 25.3. The minimum atomic E-state index is -2.27. The molecule has 172 valence electrons. The maximum atomic E-state index is 14.6. The monoisotopic (exact) mass is 463 g/mol. The molecule has 2 aromatic carbocycles. The van der Waals surface area contributed by atoms with E-state index in [1.54, 1.807) is 68.4 Å². The number of halogens is 2. The van der Waals surface area contributed by atoms with Crippen molar-refractivity contribution < 1.29 is 24.0 Å². The zero-order chi connectivity index (χ0) is 23.7. The third kappa shape index (κ3) is 7.62. The number of nitrogens with one attached hydrogen (secondary N) is 3. The summed E-state index contributed by atoms with van der Waals surface area (Å²) in [4.78, 5) is 37.5. The molecule has 0 fully saturated rings. The molecule has 0 aliphatic heterocycles. The number of carbonyl (C=O) groups excluding carboxylic acids is 3. The first-order valence-corrected chi connectivity index (χ1v) is 10.6. The lowest BCUT2D eigenvalue weighted by molar-refractivity contribution is -0.142. The van der Waals surface area contributed by atoms with Gasteiger partial charge in [0, 0.05) is 17.1 Å². The average molecular weight is 464 g/mol. The van der Waals surface area contributed by atoms with E-state index in [2.05, 4.69) is 10.6 Å². The molecule has 4 N–H and O–H groups in total. The molecule has 0 aromatic heterocycles. The molecule has 0 heterocycles. The standard InChI is InChI=1S/C23H27ClFN3O4/c1-14(2)12-18(20(25)23(31)28-32)21(29)27-19(13-15-8-10-16(24)11-9-15)22(30)26-17-6-4-3-5-7-17/h3-11,14,18-20,32H,12-13H2,1-2H3,(H,26,30)(H,27,29)(H,28,31)/t18-,19+,20-/m1/s1. The van der Waals surface area contributed by atoms with Crippen LogP contribution >= 0.6 is 11.6 Å². The van der Waals surface area contributed by atoms with Crippen molar-refractivity contribution in [2.24, 2.45) is 11.8 Å². The van der Waals surface area contributed by atoms with Gasteiger partial charge in [0.05, 0.1) is 5.92 Å². The molecule has 0 spiro atoms. The summed E-state index contributed by atoms with van der Waals surface area (Å²) in [7, 11) is 0. The largest absolute Gasteiger partial charge is 0.344 e. The second-order valence-electron chi connectivity index (χ2n) is 7.86. The van der Waals surface area contributed by atoms with Crippen molar-refractivity contribution in [3.05, 3.63) is 65.2 Å². The van der Waals surface area contributed by atoms with Gasteiger partial charge in [0.1, 0.15) is 6.04 Å². The minimum Gasteiger partial charge on any atom is -0.344 e. The van der Waals surface area contributed by atoms with Gasteiger partial charge >= 0.3 is 0 Å². The van der Waals surface area contributed by atoms with Gasteiger partial charge in [-0.25, -0.2) is 9.87 Å². The van der Waals surface area contributed by atoms with Crippen molar-refractivity contribution in [3.8, 4) is 0 Å². The summed E-state index contributed by atoms with van der Waals surface area (Å²) in [6.45, 7) is 3.55. The van der Waals surface area contributed by atoms with Crippen LogP contribution in [0.15, 0.2) is 54.6 Å². The molecule has 3 atom stereocenters. The van der Waals surface area contributed by atoms with Crippen LogP contribution in [0.5, 0.6) is 0 Å². The molecule has 2 aromatic rings. The van der Waals surface area contributed by atoms with Gasteiger partial charge in [-0.3, -0.25) is 19.6 Å². The molecule has 0 saturated heterocycles. The maximum absolute atomic E-state index is 14.6. The fourth-order valence-corrected chi connectivity index (χ4v) is 3.33. The molecule has 0 aliphatic carbocycles. The van der Waals surface area contributed by atoms with Gasteiger partial charge in [-0.15, -0.1) is 0 Å². The Morgan fingerprint density at radius 2 is 1.59 bits per heavy atom. The summed E-state index contributed by atoms with van der Waals surface area (Å²) < 4.78 is 14.6. The van der Waals surface area contributed by atoms with E-state index in [1.807, 2.05) is 0 Å². The third-order valence-electron chi connectivity index (χ3n) is 4.80. The van der Waals surface area contributed by atoms with Gasteiger partial charge in [0.15, 0.2) is 6.17 Å². The first-order chi connectivity index (χ1) is 15.2. The fourth-order valence-electron chi connectivity index (χ4n) is 3.21. The number of carbonyl (C=O) groups is 3. The van der Waals surface area contributed by atoms with E-state index in [1.165, 1.54) is 5.48 Å². The zero-order valence-electron chi connectivity index (χ0n) is 17.8. The Labute approximate surface area is 191 Å². The third-order valence-corrected chi connectivity index (χ3v) is 5.06. The molecule has 32 heavy (non-hydrogen) atoms. The number of alkyl halides is 1. The Bertz CT molecular complexity index is 909. The zero-order valence-corrected chi connectivity index (χ0v) is 18.6. The van der Waals surface area contributed by atoms with Gasteiger partial charge in [0.25, 0.3) is 5.91 Å². The molecule has 3 amide bonds. The Hall–Kier alpha value is -2.97. The van der Waals surface area contributed by atoms with Crippen LogP contribution in [-0.4, -0.2) is 35.1 Å². The van der Waals surface area contributed by atoms with E-state index in [-0.39, 0.29) is 18.8 Å². The Morgan fingerprint density at radius 3 is 2.16 bits per heavy atom. The van der Waals surface area contributed by atoms with Crippen molar-refractivity contribution in [2.45, 2.75) is 38.9 Å². The lowest BCUT2D eigenvalue weighted by Gasteiger charge is -2.25. The molecule has 7 nitrogen and oxygen atoms in total. The number of rotatable bonds is 10. The molecule has 0 radical (unpaired) electrons. The minimum absolute atomic E-state index is 0.0500. The molecule has 2 rings (SSSR count). The molecule has 0 unspecified atom stereocenters. The van der Waals surface area contributed by atoms with Crippen molar-refractivity contribution in [1.29, 1.82) is 0 Å². The predicted octanol–water partition coefficient (Wildman–Crippen LogP) is 3.51. The van der Waals surface area contributed by atoms with Crippen LogP contribution < -0.4 is 16.1 Å². The SMILES string of the molecule is CC(C)C[C@@H](C(=O)N[C@@H](Cc1ccc(Cl)cc1)C(=O)Nc1ccccc1)[C@@H](F)C(=O)NO. The number of para-hydroxylation sites is 1. The van der Waals surface area contributed by atoms with E-state index in [9.17, 15) is 18.8 Å². The van der Waals surface area contributed by atoms with Gasteiger partial charge in [-0.1, -0.05) is 55.8 Å². The van der Waals surface area contributed by atoms with Crippen molar-refractivity contribution in [3.63, 3.8) is 0 Å². The quantitative estimate of drug-likeness (QED) is 0.319. The van der Waals surface area contributed by atoms with Crippen molar-refractivity contribution >= 4 is 35.0 Å². The van der Waals surface area contributed by atoms with E-state index < -0.39 is 35.9 Å². The summed E-state index contributed by atoms with van der Waals surface area (Å²) in [5.41, 5.74) is 2.51. The number of hydrogen-bond acceptors (Lipinski definition) is 4. The van der Waals surface area contributed by atoms with Crippen molar-refractivity contribution in [1.82, 2.24) is 10.8 Å². The summed E-state index contributed by atoms with van der Waals surface area (Å²) >= 11 is 5.92. The second-order valence-corrected chi connectivity index (χ2v) is 8.30. The van der Waals surface area contributed by atoms with Gasteiger partial charge in [0.2, 0.25) is 11.8 Å². The number of hydroxylamine groups is 1. The van der Waals surface area contributed by atoms with Gasteiger partial charge < -0.3 is 10.6 Å². The second kappa shape index (κ2) is 12.2. The smallest absolute Gasteiger partial charge is 0.278 e. The molecule has 0 aliphatic rings.